The molecule has 6 heteroatoms. The fourth-order valence-corrected chi connectivity index (χ4v) is 2.04. The Morgan fingerprint density at radius 2 is 2.05 bits per heavy atom. The molecule has 0 aliphatic heterocycles. The molecule has 1 aromatic carbocycles. The number of nitrogens with zero attached hydrogens (tertiary/aromatic N) is 1. The predicted octanol–water partition coefficient (Wildman–Crippen LogP) is 1.53. The third-order valence-corrected chi connectivity index (χ3v) is 3.26. The summed E-state index contributed by atoms with van der Waals surface area (Å²) in [5, 5.41) is 15.5. The smallest absolute Gasteiger partial charge is 0.314 e. The summed E-state index contributed by atoms with van der Waals surface area (Å²) < 4.78 is 7.08. The first-order valence-electron chi connectivity index (χ1n) is 7.13. The number of hydrogen-bond donors (Lipinski definition) is 3. The van der Waals surface area contributed by atoms with Crippen molar-refractivity contribution < 1.29 is 14.6 Å². The molecule has 6 nitrogen and oxygen atoms in total. The SMILES string of the molecule is COc1cccc(C(O)CNC(=O)NCCn2cccc2)c1. The van der Waals surface area contributed by atoms with Gasteiger partial charge in [0.2, 0.25) is 0 Å². The van der Waals surface area contributed by atoms with Crippen LogP contribution < -0.4 is 15.4 Å². The van der Waals surface area contributed by atoms with Crippen molar-refractivity contribution >= 4 is 6.03 Å². The van der Waals surface area contributed by atoms with Crippen LogP contribution in [0.25, 0.3) is 0 Å². The summed E-state index contributed by atoms with van der Waals surface area (Å²) in [4.78, 5) is 11.7. The number of urea groups is 1. The van der Waals surface area contributed by atoms with Crippen LogP contribution in [-0.4, -0.2) is 35.9 Å². The third kappa shape index (κ3) is 4.82. The monoisotopic (exact) mass is 303 g/mol. The van der Waals surface area contributed by atoms with Gasteiger partial charge in [0.15, 0.2) is 0 Å². The van der Waals surface area contributed by atoms with Crippen LogP contribution in [0.3, 0.4) is 0 Å². The van der Waals surface area contributed by atoms with Crippen molar-refractivity contribution in [1.29, 1.82) is 0 Å². The van der Waals surface area contributed by atoms with E-state index in [0.717, 1.165) is 0 Å². The Morgan fingerprint density at radius 1 is 1.27 bits per heavy atom. The van der Waals surface area contributed by atoms with E-state index in [0.29, 0.717) is 24.4 Å². The molecule has 0 aliphatic rings. The minimum absolute atomic E-state index is 0.141. The van der Waals surface area contributed by atoms with Gasteiger partial charge in [-0.2, -0.15) is 0 Å². The highest BCUT2D eigenvalue weighted by molar-refractivity contribution is 5.73. The summed E-state index contributed by atoms with van der Waals surface area (Å²) in [7, 11) is 1.57. The van der Waals surface area contributed by atoms with Crippen molar-refractivity contribution in [3.63, 3.8) is 0 Å². The molecule has 0 radical (unpaired) electrons. The van der Waals surface area contributed by atoms with E-state index in [1.165, 1.54) is 0 Å². The highest BCUT2D eigenvalue weighted by Crippen LogP contribution is 2.18. The second kappa shape index (κ2) is 8.09. The number of aromatic nitrogens is 1. The largest absolute Gasteiger partial charge is 0.497 e. The lowest BCUT2D eigenvalue weighted by atomic mass is 10.1. The number of benzene rings is 1. The van der Waals surface area contributed by atoms with Gasteiger partial charge < -0.3 is 25.0 Å². The van der Waals surface area contributed by atoms with Crippen molar-refractivity contribution in [3.8, 4) is 5.75 Å². The summed E-state index contributed by atoms with van der Waals surface area (Å²) >= 11 is 0. The highest BCUT2D eigenvalue weighted by Gasteiger charge is 2.10. The summed E-state index contributed by atoms with van der Waals surface area (Å²) in [6.45, 7) is 1.37. The lowest BCUT2D eigenvalue weighted by molar-refractivity contribution is 0.172. The van der Waals surface area contributed by atoms with E-state index in [-0.39, 0.29) is 12.6 Å². The molecule has 0 fully saturated rings. The first-order chi connectivity index (χ1) is 10.7. The van der Waals surface area contributed by atoms with Gasteiger partial charge in [-0.25, -0.2) is 4.79 Å². The normalized spacial score (nSPS) is 11.7. The molecular formula is C16H21N3O3. The van der Waals surface area contributed by atoms with Crippen LogP contribution in [0.1, 0.15) is 11.7 Å². The highest BCUT2D eigenvalue weighted by atomic mass is 16.5. The van der Waals surface area contributed by atoms with Crippen molar-refractivity contribution in [2.75, 3.05) is 20.2 Å². The molecule has 1 unspecified atom stereocenters. The number of aliphatic hydroxyl groups is 1. The van der Waals surface area contributed by atoms with Crippen LogP contribution in [0, 0.1) is 0 Å². The van der Waals surface area contributed by atoms with Crippen LogP contribution in [0.2, 0.25) is 0 Å². The van der Waals surface area contributed by atoms with Crippen LogP contribution in [0.4, 0.5) is 4.79 Å². The van der Waals surface area contributed by atoms with E-state index < -0.39 is 6.10 Å². The molecule has 1 heterocycles. The number of rotatable bonds is 7. The van der Waals surface area contributed by atoms with Gasteiger partial charge in [0, 0.05) is 32.0 Å². The molecule has 2 amide bonds. The maximum absolute atomic E-state index is 11.7. The maximum atomic E-state index is 11.7. The van der Waals surface area contributed by atoms with E-state index in [1.54, 1.807) is 31.4 Å². The number of methoxy groups -OCH3 is 1. The van der Waals surface area contributed by atoms with E-state index in [9.17, 15) is 9.90 Å². The number of nitrogens with one attached hydrogen (secondary N) is 2. The Hall–Kier alpha value is -2.47. The number of hydrogen-bond acceptors (Lipinski definition) is 3. The minimum Gasteiger partial charge on any atom is -0.497 e. The van der Waals surface area contributed by atoms with Gasteiger partial charge >= 0.3 is 6.03 Å². The van der Waals surface area contributed by atoms with Crippen molar-refractivity contribution in [2.45, 2.75) is 12.6 Å². The maximum Gasteiger partial charge on any atom is 0.314 e. The molecule has 0 spiro atoms. The summed E-state index contributed by atoms with van der Waals surface area (Å²) in [5.41, 5.74) is 0.701. The van der Waals surface area contributed by atoms with Gasteiger partial charge in [0.1, 0.15) is 5.75 Å². The number of amides is 2. The van der Waals surface area contributed by atoms with Crippen LogP contribution >= 0.6 is 0 Å². The third-order valence-electron chi connectivity index (χ3n) is 3.26. The Kier molecular flexibility index (Phi) is 5.85. The fourth-order valence-electron chi connectivity index (χ4n) is 2.04. The molecule has 118 valence electrons. The van der Waals surface area contributed by atoms with E-state index in [4.69, 9.17) is 4.74 Å². The molecule has 22 heavy (non-hydrogen) atoms. The standard InChI is InChI=1S/C16H21N3O3/c1-22-14-6-4-5-13(11-14)15(20)12-18-16(21)17-7-10-19-8-2-3-9-19/h2-6,8-9,11,15,20H,7,10,12H2,1H3,(H2,17,18,21). The molecule has 0 bridgehead atoms. The van der Waals surface area contributed by atoms with E-state index >= 15 is 0 Å². The number of carbonyl (C=O) groups excluding carboxylic acids is 1. The fraction of sp³-hybridized carbons (Fsp3) is 0.312. The Labute approximate surface area is 129 Å². The molecular weight excluding hydrogens is 282 g/mol. The van der Waals surface area contributed by atoms with Crippen molar-refractivity contribution in [2.24, 2.45) is 0 Å². The van der Waals surface area contributed by atoms with Crippen molar-refractivity contribution in [1.82, 2.24) is 15.2 Å². The zero-order valence-electron chi connectivity index (χ0n) is 12.5. The van der Waals surface area contributed by atoms with Crippen LogP contribution in [-0.2, 0) is 6.54 Å². The van der Waals surface area contributed by atoms with E-state index in [1.807, 2.05) is 29.1 Å². The zero-order chi connectivity index (χ0) is 15.8. The number of carbonyl (C=O) groups is 1. The van der Waals surface area contributed by atoms with Gasteiger partial charge in [-0.05, 0) is 29.8 Å². The second-order valence-electron chi connectivity index (χ2n) is 4.85. The van der Waals surface area contributed by atoms with E-state index in [2.05, 4.69) is 10.6 Å². The number of aliphatic hydroxyl groups excluding tert-OH is 1. The topological polar surface area (TPSA) is 75.5 Å². The summed E-state index contributed by atoms with van der Waals surface area (Å²) in [6.07, 6.45) is 3.10. The molecule has 3 N–H and O–H groups in total. The lowest BCUT2D eigenvalue weighted by Crippen LogP contribution is -2.39. The molecule has 0 aliphatic carbocycles. The summed E-state index contributed by atoms with van der Waals surface area (Å²) in [6, 6.07) is 10.7. The molecule has 1 aromatic heterocycles. The number of ether oxygens (including phenoxy) is 1. The Balaban J connectivity index is 1.70. The summed E-state index contributed by atoms with van der Waals surface area (Å²) in [5.74, 6) is 0.674. The molecule has 2 aromatic rings. The molecule has 2 rings (SSSR count). The van der Waals surface area contributed by atoms with Crippen LogP contribution in [0.5, 0.6) is 5.75 Å². The predicted molar refractivity (Wildman–Crippen MR) is 83.8 cm³/mol. The van der Waals surface area contributed by atoms with Gasteiger partial charge in [-0.15, -0.1) is 0 Å². The first-order valence-corrected chi connectivity index (χ1v) is 7.13. The quantitative estimate of drug-likeness (QED) is 0.726. The lowest BCUT2D eigenvalue weighted by Gasteiger charge is -2.14. The van der Waals surface area contributed by atoms with Gasteiger partial charge in [0.05, 0.1) is 13.2 Å². The zero-order valence-corrected chi connectivity index (χ0v) is 12.5. The van der Waals surface area contributed by atoms with Crippen molar-refractivity contribution in [3.05, 3.63) is 54.4 Å². The van der Waals surface area contributed by atoms with Crippen LogP contribution in [0.15, 0.2) is 48.8 Å². The average molecular weight is 303 g/mol. The average Bonchev–Trinajstić information content (AvgIpc) is 3.06. The minimum atomic E-state index is -0.773. The Morgan fingerprint density at radius 3 is 2.77 bits per heavy atom. The van der Waals surface area contributed by atoms with Gasteiger partial charge in [-0.3, -0.25) is 0 Å². The second-order valence-corrected chi connectivity index (χ2v) is 4.85. The molecule has 1 atom stereocenters. The first kappa shape index (κ1) is 15.9. The molecule has 0 saturated heterocycles. The Bertz CT molecular complexity index is 584. The van der Waals surface area contributed by atoms with Gasteiger partial charge in [0.25, 0.3) is 0 Å². The molecule has 0 saturated carbocycles. The van der Waals surface area contributed by atoms with Gasteiger partial charge in [-0.1, -0.05) is 12.1 Å².